The first-order valence-corrected chi connectivity index (χ1v) is 10.0. The van der Waals surface area contributed by atoms with E-state index in [1.165, 1.54) is 0 Å². The molecule has 0 bridgehead atoms. The fraction of sp³-hybridized carbons (Fsp3) is 0.300. The number of rotatable bonds is 6. The van der Waals surface area contributed by atoms with Crippen LogP contribution in [-0.2, 0) is 16.0 Å². The first-order valence-electron chi connectivity index (χ1n) is 8.67. The third kappa shape index (κ3) is 5.02. The molecule has 3 rings (SSSR count). The largest absolute Gasteiger partial charge is 0.356 e. The summed E-state index contributed by atoms with van der Waals surface area (Å²) < 4.78 is 0. The van der Waals surface area contributed by atoms with Crippen LogP contribution in [0, 0.1) is 0 Å². The number of nitrogens with zero attached hydrogens (tertiary/aromatic N) is 1. The van der Waals surface area contributed by atoms with Gasteiger partial charge in [-0.15, -0.1) is 11.8 Å². The molecule has 4 nitrogen and oxygen atoms in total. The minimum Gasteiger partial charge on any atom is -0.356 e. The number of carbonyl (C=O) groups excluding carboxylic acids is 2. The van der Waals surface area contributed by atoms with Gasteiger partial charge in [-0.25, -0.2) is 0 Å². The van der Waals surface area contributed by atoms with Crippen LogP contribution in [0.4, 0.5) is 5.69 Å². The van der Waals surface area contributed by atoms with Gasteiger partial charge in [-0.05, 0) is 36.2 Å². The molecule has 0 aromatic heterocycles. The molecule has 0 radical (unpaired) electrons. The predicted octanol–water partition coefficient (Wildman–Crippen LogP) is 3.92. The zero-order chi connectivity index (χ0) is 18.4. The molecular formula is C20H21ClN2O2S. The number of carbonyl (C=O) groups is 2. The summed E-state index contributed by atoms with van der Waals surface area (Å²) in [5, 5.41) is 3.57. The molecule has 2 aromatic rings. The molecular weight excluding hydrogens is 368 g/mol. The molecule has 0 fully saturated rings. The number of fused-ring (bicyclic) bond motifs is 1. The van der Waals surface area contributed by atoms with Gasteiger partial charge in [0, 0.05) is 41.6 Å². The first kappa shape index (κ1) is 18.8. The van der Waals surface area contributed by atoms with Crippen molar-refractivity contribution in [3.05, 3.63) is 59.1 Å². The molecule has 0 aliphatic carbocycles. The highest BCUT2D eigenvalue weighted by Gasteiger charge is 2.22. The molecule has 26 heavy (non-hydrogen) atoms. The smallest absolute Gasteiger partial charge is 0.227 e. The summed E-state index contributed by atoms with van der Waals surface area (Å²) in [5.74, 6) is 0.789. The van der Waals surface area contributed by atoms with Crippen LogP contribution >= 0.6 is 23.4 Å². The van der Waals surface area contributed by atoms with Crippen LogP contribution in [0.1, 0.15) is 18.4 Å². The molecule has 2 amide bonds. The molecule has 0 saturated heterocycles. The van der Waals surface area contributed by atoms with Gasteiger partial charge in [-0.3, -0.25) is 9.59 Å². The number of halogens is 1. The highest BCUT2D eigenvalue weighted by atomic mass is 35.5. The lowest BCUT2D eigenvalue weighted by Crippen LogP contribution is -2.36. The van der Waals surface area contributed by atoms with Gasteiger partial charge < -0.3 is 10.2 Å². The Morgan fingerprint density at radius 2 is 1.96 bits per heavy atom. The van der Waals surface area contributed by atoms with Crippen LogP contribution in [0.5, 0.6) is 0 Å². The average molecular weight is 389 g/mol. The summed E-state index contributed by atoms with van der Waals surface area (Å²) >= 11 is 7.71. The molecule has 0 saturated carbocycles. The monoisotopic (exact) mass is 388 g/mol. The van der Waals surface area contributed by atoms with Gasteiger partial charge in [0.25, 0.3) is 0 Å². The zero-order valence-electron chi connectivity index (χ0n) is 14.4. The van der Waals surface area contributed by atoms with Gasteiger partial charge >= 0.3 is 0 Å². The standard InChI is InChI=1S/C20H21ClN2O2S/c21-16-5-3-4-15(14-16)10-11-22-19(24)8-9-20(25)23-12-13-26-18-7-2-1-6-17(18)23/h1-7,14H,8-13H2,(H,22,24). The van der Waals surface area contributed by atoms with Gasteiger partial charge in [0.2, 0.25) is 11.8 Å². The van der Waals surface area contributed by atoms with Crippen molar-refractivity contribution in [1.82, 2.24) is 5.32 Å². The summed E-state index contributed by atoms with van der Waals surface area (Å²) in [7, 11) is 0. The van der Waals surface area contributed by atoms with Crippen molar-refractivity contribution in [3.8, 4) is 0 Å². The molecule has 1 heterocycles. The summed E-state index contributed by atoms with van der Waals surface area (Å²) in [5.41, 5.74) is 2.03. The molecule has 1 aliphatic rings. The zero-order valence-corrected chi connectivity index (χ0v) is 16.0. The third-order valence-electron chi connectivity index (χ3n) is 4.22. The van der Waals surface area contributed by atoms with E-state index in [2.05, 4.69) is 5.32 Å². The second-order valence-corrected chi connectivity index (χ2v) is 7.66. The van der Waals surface area contributed by atoms with Crippen LogP contribution in [0.25, 0.3) is 0 Å². The van der Waals surface area contributed by atoms with Crippen molar-refractivity contribution < 1.29 is 9.59 Å². The van der Waals surface area contributed by atoms with Crippen LogP contribution in [0.2, 0.25) is 5.02 Å². The van der Waals surface area contributed by atoms with Crippen LogP contribution in [0.15, 0.2) is 53.4 Å². The number of hydrogen-bond acceptors (Lipinski definition) is 3. The van der Waals surface area contributed by atoms with E-state index in [9.17, 15) is 9.59 Å². The Morgan fingerprint density at radius 3 is 2.81 bits per heavy atom. The summed E-state index contributed by atoms with van der Waals surface area (Å²) in [6, 6.07) is 15.5. The second kappa shape index (κ2) is 9.10. The Kier molecular flexibility index (Phi) is 6.58. The number of amides is 2. The van der Waals surface area contributed by atoms with E-state index in [1.54, 1.807) is 16.7 Å². The lowest BCUT2D eigenvalue weighted by Gasteiger charge is -2.29. The van der Waals surface area contributed by atoms with Crippen molar-refractivity contribution in [1.29, 1.82) is 0 Å². The highest BCUT2D eigenvalue weighted by Crippen LogP contribution is 2.34. The Labute approximate surface area is 162 Å². The lowest BCUT2D eigenvalue weighted by atomic mass is 10.1. The maximum Gasteiger partial charge on any atom is 0.227 e. The van der Waals surface area contributed by atoms with Crippen LogP contribution in [0.3, 0.4) is 0 Å². The van der Waals surface area contributed by atoms with E-state index in [-0.39, 0.29) is 24.7 Å². The Balaban J connectivity index is 1.44. The van der Waals surface area contributed by atoms with Crippen molar-refractivity contribution in [2.75, 3.05) is 23.7 Å². The van der Waals surface area contributed by atoms with Gasteiger partial charge in [0.05, 0.1) is 5.69 Å². The second-order valence-electron chi connectivity index (χ2n) is 6.09. The van der Waals surface area contributed by atoms with Crippen LogP contribution in [-0.4, -0.2) is 30.7 Å². The van der Waals surface area contributed by atoms with E-state index < -0.39 is 0 Å². The molecule has 136 valence electrons. The van der Waals surface area contributed by atoms with Crippen molar-refractivity contribution in [2.24, 2.45) is 0 Å². The van der Waals surface area contributed by atoms with Gasteiger partial charge in [0.15, 0.2) is 0 Å². The number of thioether (sulfide) groups is 1. The lowest BCUT2D eigenvalue weighted by molar-refractivity contribution is -0.125. The topological polar surface area (TPSA) is 49.4 Å². The molecule has 0 atom stereocenters. The summed E-state index contributed by atoms with van der Waals surface area (Å²) in [6.45, 7) is 1.23. The normalized spacial score (nSPS) is 13.2. The van der Waals surface area contributed by atoms with Crippen molar-refractivity contribution >= 4 is 40.9 Å². The molecule has 6 heteroatoms. The average Bonchev–Trinajstić information content (AvgIpc) is 2.66. The Bertz CT molecular complexity index is 797. The maximum absolute atomic E-state index is 12.5. The fourth-order valence-electron chi connectivity index (χ4n) is 2.91. The minimum atomic E-state index is -0.0972. The van der Waals surface area contributed by atoms with E-state index in [4.69, 9.17) is 11.6 Å². The van der Waals surface area contributed by atoms with Crippen LogP contribution < -0.4 is 10.2 Å². The molecule has 0 spiro atoms. The molecule has 0 unspecified atom stereocenters. The highest BCUT2D eigenvalue weighted by molar-refractivity contribution is 7.99. The predicted molar refractivity (Wildman–Crippen MR) is 107 cm³/mol. The number of anilines is 1. The number of hydrogen-bond donors (Lipinski definition) is 1. The SMILES string of the molecule is O=C(CCC(=O)N1CCSc2ccccc21)NCCc1cccc(Cl)c1. The quantitative estimate of drug-likeness (QED) is 0.816. The number of nitrogens with one attached hydrogen (secondary N) is 1. The maximum atomic E-state index is 12.5. The van der Waals surface area contributed by atoms with Gasteiger partial charge in [-0.1, -0.05) is 35.9 Å². The van der Waals surface area contributed by atoms with Gasteiger partial charge in [0.1, 0.15) is 0 Å². The van der Waals surface area contributed by atoms with Crippen molar-refractivity contribution in [3.63, 3.8) is 0 Å². The van der Waals surface area contributed by atoms with E-state index in [0.717, 1.165) is 28.3 Å². The summed E-state index contributed by atoms with van der Waals surface area (Å²) in [4.78, 5) is 27.5. The van der Waals surface area contributed by atoms with E-state index in [0.29, 0.717) is 18.1 Å². The first-order chi connectivity index (χ1) is 12.6. The van der Waals surface area contributed by atoms with Gasteiger partial charge in [-0.2, -0.15) is 0 Å². The third-order valence-corrected chi connectivity index (χ3v) is 5.50. The Hall–Kier alpha value is -1.98. The molecule has 2 aromatic carbocycles. The fourth-order valence-corrected chi connectivity index (χ4v) is 4.12. The molecule has 1 aliphatic heterocycles. The van der Waals surface area contributed by atoms with Crippen molar-refractivity contribution in [2.45, 2.75) is 24.2 Å². The number of benzene rings is 2. The minimum absolute atomic E-state index is 0.00254. The number of para-hydroxylation sites is 1. The molecule has 1 N–H and O–H groups in total. The Morgan fingerprint density at radius 1 is 1.12 bits per heavy atom. The van der Waals surface area contributed by atoms with E-state index >= 15 is 0 Å². The summed E-state index contributed by atoms with van der Waals surface area (Å²) in [6.07, 6.45) is 1.15. The van der Waals surface area contributed by atoms with E-state index in [1.807, 2.05) is 48.5 Å².